The zero-order valence-corrected chi connectivity index (χ0v) is 15.2. The molecule has 0 fully saturated rings. The lowest BCUT2D eigenvalue weighted by atomic mass is 10.1. The standard InChI is InChI=1S/C15H23F2N3.HI/c1-4-5-10-20(3)15(18-2)19-9-8-12-6-7-13(16)11-14(12)17;/h6-7,11H,4-5,8-10H2,1-3H3,(H,18,19);1H. The van der Waals surface area contributed by atoms with Crippen molar-refractivity contribution >= 4 is 29.9 Å². The maximum atomic E-state index is 13.5. The Morgan fingerprint density at radius 1 is 1.33 bits per heavy atom. The van der Waals surface area contributed by atoms with Gasteiger partial charge in [0.1, 0.15) is 11.6 Å². The SMILES string of the molecule is CCCCN(C)C(=NC)NCCc1ccc(F)cc1F.I. The predicted molar refractivity (Wildman–Crippen MR) is 94.4 cm³/mol. The lowest BCUT2D eigenvalue weighted by Gasteiger charge is -2.21. The maximum Gasteiger partial charge on any atom is 0.193 e. The zero-order valence-electron chi connectivity index (χ0n) is 12.8. The first-order valence-electron chi connectivity index (χ1n) is 6.94. The first-order valence-corrected chi connectivity index (χ1v) is 6.94. The van der Waals surface area contributed by atoms with Gasteiger partial charge in [-0.05, 0) is 24.5 Å². The predicted octanol–water partition coefficient (Wildman–Crippen LogP) is 3.43. The van der Waals surface area contributed by atoms with Crippen molar-refractivity contribution in [2.45, 2.75) is 26.2 Å². The van der Waals surface area contributed by atoms with Gasteiger partial charge in [-0.1, -0.05) is 19.4 Å². The molecule has 6 heteroatoms. The second-order valence-corrected chi connectivity index (χ2v) is 4.73. The third kappa shape index (κ3) is 7.06. The second-order valence-electron chi connectivity index (χ2n) is 4.73. The van der Waals surface area contributed by atoms with E-state index in [0.29, 0.717) is 18.5 Å². The normalized spacial score (nSPS) is 11.0. The average Bonchev–Trinajstić information content (AvgIpc) is 2.43. The third-order valence-electron chi connectivity index (χ3n) is 3.11. The van der Waals surface area contributed by atoms with Crippen LogP contribution in [0, 0.1) is 11.6 Å². The molecule has 0 aliphatic carbocycles. The van der Waals surface area contributed by atoms with Crippen LogP contribution in [0.25, 0.3) is 0 Å². The van der Waals surface area contributed by atoms with Crippen molar-refractivity contribution in [2.75, 3.05) is 27.2 Å². The number of nitrogens with zero attached hydrogens (tertiary/aromatic N) is 2. The summed E-state index contributed by atoms with van der Waals surface area (Å²) in [6, 6.07) is 3.67. The van der Waals surface area contributed by atoms with E-state index < -0.39 is 11.6 Å². The Hall–Kier alpha value is -0.920. The fourth-order valence-corrected chi connectivity index (χ4v) is 1.92. The van der Waals surface area contributed by atoms with Crippen LogP contribution in [0.2, 0.25) is 0 Å². The van der Waals surface area contributed by atoms with Gasteiger partial charge in [0.05, 0.1) is 0 Å². The summed E-state index contributed by atoms with van der Waals surface area (Å²) in [5, 5.41) is 3.18. The van der Waals surface area contributed by atoms with E-state index in [0.717, 1.165) is 31.4 Å². The minimum absolute atomic E-state index is 0. The number of unbranched alkanes of at least 4 members (excludes halogenated alkanes) is 1. The van der Waals surface area contributed by atoms with Gasteiger partial charge in [-0.25, -0.2) is 8.78 Å². The van der Waals surface area contributed by atoms with Crippen molar-refractivity contribution in [3.05, 3.63) is 35.4 Å². The van der Waals surface area contributed by atoms with E-state index in [1.165, 1.54) is 12.1 Å². The van der Waals surface area contributed by atoms with Gasteiger partial charge in [0.2, 0.25) is 0 Å². The third-order valence-corrected chi connectivity index (χ3v) is 3.11. The van der Waals surface area contributed by atoms with Crippen LogP contribution in [0.15, 0.2) is 23.2 Å². The summed E-state index contributed by atoms with van der Waals surface area (Å²) in [7, 11) is 3.70. The molecule has 0 spiro atoms. The topological polar surface area (TPSA) is 27.6 Å². The monoisotopic (exact) mass is 411 g/mol. The molecule has 0 heterocycles. The van der Waals surface area contributed by atoms with Crippen molar-refractivity contribution in [3.63, 3.8) is 0 Å². The molecule has 1 rings (SSSR count). The molecule has 0 aromatic heterocycles. The van der Waals surface area contributed by atoms with E-state index >= 15 is 0 Å². The highest BCUT2D eigenvalue weighted by atomic mass is 127. The Kier molecular flexibility index (Phi) is 10.3. The summed E-state index contributed by atoms with van der Waals surface area (Å²) in [5.41, 5.74) is 0.505. The number of aliphatic imine (C=N–C) groups is 1. The zero-order chi connectivity index (χ0) is 15.0. The Morgan fingerprint density at radius 2 is 2.05 bits per heavy atom. The average molecular weight is 411 g/mol. The van der Waals surface area contributed by atoms with Crippen LogP contribution in [-0.4, -0.2) is 38.0 Å². The lowest BCUT2D eigenvalue weighted by Crippen LogP contribution is -2.40. The second kappa shape index (κ2) is 10.8. The number of nitrogens with one attached hydrogen (secondary N) is 1. The molecule has 0 radical (unpaired) electrons. The van der Waals surface area contributed by atoms with Crippen molar-refractivity contribution in [1.29, 1.82) is 0 Å². The highest BCUT2D eigenvalue weighted by molar-refractivity contribution is 14.0. The van der Waals surface area contributed by atoms with Crippen LogP contribution in [0.3, 0.4) is 0 Å². The molecular formula is C15H24F2IN3. The molecule has 0 atom stereocenters. The molecule has 0 unspecified atom stereocenters. The Bertz CT molecular complexity index is 453. The van der Waals surface area contributed by atoms with E-state index in [9.17, 15) is 8.78 Å². The van der Waals surface area contributed by atoms with Crippen LogP contribution in [-0.2, 0) is 6.42 Å². The molecule has 0 saturated carbocycles. The van der Waals surface area contributed by atoms with Gasteiger partial charge >= 0.3 is 0 Å². The molecule has 1 aromatic rings. The molecular weight excluding hydrogens is 387 g/mol. The fraction of sp³-hybridized carbons (Fsp3) is 0.533. The molecule has 1 aromatic carbocycles. The summed E-state index contributed by atoms with van der Waals surface area (Å²) < 4.78 is 26.3. The summed E-state index contributed by atoms with van der Waals surface area (Å²) >= 11 is 0. The van der Waals surface area contributed by atoms with Crippen LogP contribution in [0.4, 0.5) is 8.78 Å². The quantitative estimate of drug-likeness (QED) is 0.441. The number of benzene rings is 1. The Morgan fingerprint density at radius 3 is 2.62 bits per heavy atom. The number of hydrogen-bond acceptors (Lipinski definition) is 1. The van der Waals surface area contributed by atoms with Gasteiger partial charge < -0.3 is 10.2 Å². The molecule has 3 nitrogen and oxygen atoms in total. The van der Waals surface area contributed by atoms with E-state index in [1.807, 2.05) is 11.9 Å². The van der Waals surface area contributed by atoms with E-state index in [2.05, 4.69) is 17.2 Å². The minimum Gasteiger partial charge on any atom is -0.356 e. The molecule has 120 valence electrons. The number of rotatable bonds is 6. The first kappa shape index (κ1) is 20.1. The highest BCUT2D eigenvalue weighted by Crippen LogP contribution is 2.09. The molecule has 0 amide bonds. The fourth-order valence-electron chi connectivity index (χ4n) is 1.92. The van der Waals surface area contributed by atoms with Crippen molar-refractivity contribution in [2.24, 2.45) is 4.99 Å². The largest absolute Gasteiger partial charge is 0.356 e. The van der Waals surface area contributed by atoms with Crippen LogP contribution in [0.5, 0.6) is 0 Å². The van der Waals surface area contributed by atoms with Crippen molar-refractivity contribution < 1.29 is 8.78 Å². The maximum absolute atomic E-state index is 13.5. The van der Waals surface area contributed by atoms with Gasteiger partial charge in [-0.2, -0.15) is 0 Å². The molecule has 0 aliphatic heterocycles. The van der Waals surface area contributed by atoms with Crippen molar-refractivity contribution in [3.8, 4) is 0 Å². The van der Waals surface area contributed by atoms with E-state index in [4.69, 9.17) is 0 Å². The van der Waals surface area contributed by atoms with E-state index in [-0.39, 0.29) is 24.0 Å². The minimum atomic E-state index is -0.547. The summed E-state index contributed by atoms with van der Waals surface area (Å²) in [6.07, 6.45) is 2.72. The summed E-state index contributed by atoms with van der Waals surface area (Å²) in [4.78, 5) is 6.23. The van der Waals surface area contributed by atoms with Gasteiger partial charge in [0.25, 0.3) is 0 Å². The van der Waals surface area contributed by atoms with Crippen molar-refractivity contribution in [1.82, 2.24) is 10.2 Å². The van der Waals surface area contributed by atoms with Gasteiger partial charge in [0, 0.05) is 33.3 Å². The smallest absolute Gasteiger partial charge is 0.193 e. The molecule has 21 heavy (non-hydrogen) atoms. The van der Waals surface area contributed by atoms with Crippen LogP contribution >= 0.6 is 24.0 Å². The van der Waals surface area contributed by atoms with E-state index in [1.54, 1.807) is 7.05 Å². The molecule has 1 N–H and O–H groups in total. The van der Waals surface area contributed by atoms with Gasteiger partial charge in [-0.15, -0.1) is 24.0 Å². The lowest BCUT2D eigenvalue weighted by molar-refractivity contribution is 0.465. The number of halogens is 3. The van der Waals surface area contributed by atoms with Gasteiger partial charge in [0.15, 0.2) is 5.96 Å². The number of hydrogen-bond donors (Lipinski definition) is 1. The molecule has 0 bridgehead atoms. The van der Waals surface area contributed by atoms with Gasteiger partial charge in [-0.3, -0.25) is 4.99 Å². The summed E-state index contributed by atoms with van der Waals surface area (Å²) in [5.74, 6) is -0.253. The molecule has 0 aliphatic rings. The molecule has 0 saturated heterocycles. The highest BCUT2D eigenvalue weighted by Gasteiger charge is 2.06. The van der Waals surface area contributed by atoms with Crippen LogP contribution < -0.4 is 5.32 Å². The first-order chi connectivity index (χ1) is 9.58. The number of guanidine groups is 1. The Balaban J connectivity index is 0.00000400. The Labute approximate surface area is 142 Å². The van der Waals surface area contributed by atoms with Crippen LogP contribution in [0.1, 0.15) is 25.3 Å². The summed E-state index contributed by atoms with van der Waals surface area (Å²) in [6.45, 7) is 3.63.